The number of nitrogens with zero attached hydrogens (tertiary/aromatic N) is 4. The summed E-state index contributed by atoms with van der Waals surface area (Å²) in [5.41, 5.74) is 9.27. The number of carbonyl (C=O) groups excluding carboxylic acids is 1. The van der Waals surface area contributed by atoms with Crippen LogP contribution in [0.25, 0.3) is 5.78 Å². The van der Waals surface area contributed by atoms with Gasteiger partial charge >= 0.3 is 0 Å². The summed E-state index contributed by atoms with van der Waals surface area (Å²) in [4.78, 5) is 20.5. The maximum atomic E-state index is 12.3. The van der Waals surface area contributed by atoms with E-state index in [1.807, 2.05) is 19.1 Å². The van der Waals surface area contributed by atoms with Gasteiger partial charge in [0.15, 0.2) is 0 Å². The van der Waals surface area contributed by atoms with Gasteiger partial charge in [-0.25, -0.2) is 9.50 Å². The highest BCUT2D eigenvalue weighted by Gasteiger charge is 2.16. The Bertz CT molecular complexity index is 895. The normalized spacial score (nSPS) is 11.6. The molecule has 1 aromatic carbocycles. The van der Waals surface area contributed by atoms with Crippen molar-refractivity contribution in [1.29, 1.82) is 0 Å². The number of fused-ring (bicyclic) bond motifs is 1. The number of rotatable bonds is 5. The lowest BCUT2D eigenvalue weighted by molar-refractivity contribution is 0.0941. The molecule has 0 saturated carbocycles. The van der Waals surface area contributed by atoms with Gasteiger partial charge in [-0.1, -0.05) is 38.1 Å². The Morgan fingerprint density at radius 1 is 1.15 bits per heavy atom. The summed E-state index contributed by atoms with van der Waals surface area (Å²) >= 11 is 0. The molecule has 0 radical (unpaired) electrons. The minimum absolute atomic E-state index is 0. The molecular formula is C18H24Cl2N6O. The molecule has 0 bridgehead atoms. The number of benzene rings is 1. The molecule has 2 heterocycles. The Kier molecular flexibility index (Phi) is 8.15. The third-order valence-electron chi connectivity index (χ3n) is 4.15. The molecule has 0 aliphatic rings. The monoisotopic (exact) mass is 410 g/mol. The zero-order valence-corrected chi connectivity index (χ0v) is 17.0. The molecule has 0 aliphatic heterocycles. The molecule has 27 heavy (non-hydrogen) atoms. The molecule has 7 nitrogen and oxygen atoms in total. The minimum atomic E-state index is -0.362. The Morgan fingerprint density at radius 3 is 2.37 bits per heavy atom. The molecule has 2 aromatic heterocycles. The molecule has 0 fully saturated rings. The van der Waals surface area contributed by atoms with Crippen molar-refractivity contribution in [1.82, 2.24) is 24.9 Å². The van der Waals surface area contributed by atoms with Gasteiger partial charge in [0.2, 0.25) is 5.82 Å². The molecule has 0 saturated heterocycles. The molecule has 0 aliphatic carbocycles. The zero-order chi connectivity index (χ0) is 18.0. The summed E-state index contributed by atoms with van der Waals surface area (Å²) in [6.07, 6.45) is 1.64. The Morgan fingerprint density at radius 2 is 1.78 bits per heavy atom. The first-order valence-electron chi connectivity index (χ1n) is 8.27. The standard InChI is InChI=1S/C18H22N6O.2ClH/c1-11(2)13-4-6-14(7-5-13)15(19)10-21-17(25)16-22-18-20-9-8-12(3)24(18)23-16;;/h4-9,11,15H,10,19H2,1-3H3,(H,21,25);2*1H. The van der Waals surface area contributed by atoms with E-state index in [0.29, 0.717) is 18.2 Å². The van der Waals surface area contributed by atoms with Crippen LogP contribution in [-0.2, 0) is 0 Å². The smallest absolute Gasteiger partial charge is 0.291 e. The van der Waals surface area contributed by atoms with Crippen LogP contribution >= 0.6 is 24.8 Å². The van der Waals surface area contributed by atoms with Gasteiger partial charge in [0.05, 0.1) is 0 Å². The first kappa shape index (κ1) is 22.8. The predicted molar refractivity (Wildman–Crippen MR) is 110 cm³/mol. The van der Waals surface area contributed by atoms with Crippen molar-refractivity contribution < 1.29 is 4.79 Å². The van der Waals surface area contributed by atoms with E-state index in [2.05, 4.69) is 46.4 Å². The fourth-order valence-electron chi connectivity index (χ4n) is 2.53. The van der Waals surface area contributed by atoms with Crippen LogP contribution in [-0.4, -0.2) is 32.0 Å². The molecule has 3 aromatic rings. The summed E-state index contributed by atoms with van der Waals surface area (Å²) in [6, 6.07) is 9.66. The lowest BCUT2D eigenvalue weighted by atomic mass is 9.99. The maximum Gasteiger partial charge on any atom is 0.291 e. The van der Waals surface area contributed by atoms with Gasteiger partial charge in [0.25, 0.3) is 11.7 Å². The molecule has 3 N–H and O–H groups in total. The third kappa shape index (κ3) is 5.15. The number of hydrogen-bond acceptors (Lipinski definition) is 5. The second-order valence-corrected chi connectivity index (χ2v) is 6.37. The number of amides is 1. The SMILES string of the molecule is Cc1ccnc2nc(C(=O)NCC(N)c3ccc(C(C)C)cc3)nn12.Cl.Cl. The molecule has 9 heteroatoms. The molecule has 3 rings (SSSR count). The summed E-state index contributed by atoms with van der Waals surface area (Å²) in [7, 11) is 0. The number of aromatic nitrogens is 4. The number of aryl methyl sites for hydroxylation is 1. The summed E-state index contributed by atoms with van der Waals surface area (Å²) in [5, 5.41) is 6.97. The van der Waals surface area contributed by atoms with E-state index in [-0.39, 0.29) is 42.6 Å². The van der Waals surface area contributed by atoms with Gasteiger partial charge in [-0.05, 0) is 30.0 Å². The van der Waals surface area contributed by atoms with E-state index in [4.69, 9.17) is 5.73 Å². The molecule has 1 unspecified atom stereocenters. The van der Waals surface area contributed by atoms with E-state index in [0.717, 1.165) is 11.3 Å². The van der Waals surface area contributed by atoms with Gasteiger partial charge in [-0.2, -0.15) is 4.98 Å². The molecular weight excluding hydrogens is 387 g/mol. The average Bonchev–Trinajstić information content (AvgIpc) is 3.05. The van der Waals surface area contributed by atoms with E-state index < -0.39 is 0 Å². The van der Waals surface area contributed by atoms with Crippen LogP contribution < -0.4 is 11.1 Å². The van der Waals surface area contributed by atoms with Crippen molar-refractivity contribution in [3.05, 3.63) is 59.2 Å². The quantitative estimate of drug-likeness (QED) is 0.673. The van der Waals surface area contributed by atoms with Crippen molar-refractivity contribution >= 4 is 36.5 Å². The predicted octanol–water partition coefficient (Wildman–Crippen LogP) is 2.83. The molecule has 1 atom stereocenters. The van der Waals surface area contributed by atoms with Crippen molar-refractivity contribution in [3.8, 4) is 0 Å². The summed E-state index contributed by atoms with van der Waals surface area (Å²) < 4.78 is 1.54. The number of hydrogen-bond donors (Lipinski definition) is 2. The van der Waals surface area contributed by atoms with Crippen molar-refractivity contribution in [2.45, 2.75) is 32.7 Å². The fraction of sp³-hybridized carbons (Fsp3) is 0.333. The van der Waals surface area contributed by atoms with Crippen molar-refractivity contribution in [2.75, 3.05) is 6.54 Å². The van der Waals surface area contributed by atoms with Crippen LogP contribution in [0.1, 0.15) is 53.2 Å². The van der Waals surface area contributed by atoms with Crippen LogP contribution in [0.15, 0.2) is 36.5 Å². The first-order valence-corrected chi connectivity index (χ1v) is 8.27. The molecule has 0 spiro atoms. The Hall–Kier alpha value is -2.22. The average molecular weight is 411 g/mol. The highest BCUT2D eigenvalue weighted by Crippen LogP contribution is 2.17. The number of carbonyl (C=O) groups is 1. The second kappa shape index (κ2) is 9.64. The first-order chi connectivity index (χ1) is 12.0. The second-order valence-electron chi connectivity index (χ2n) is 6.37. The van der Waals surface area contributed by atoms with Gasteiger partial charge in [-0.15, -0.1) is 29.9 Å². The number of halogens is 2. The highest BCUT2D eigenvalue weighted by atomic mass is 35.5. The van der Waals surface area contributed by atoms with Crippen LogP contribution in [0.3, 0.4) is 0 Å². The van der Waals surface area contributed by atoms with E-state index in [9.17, 15) is 4.79 Å². The van der Waals surface area contributed by atoms with E-state index in [1.165, 1.54) is 5.56 Å². The van der Waals surface area contributed by atoms with E-state index >= 15 is 0 Å². The molecule has 1 amide bonds. The van der Waals surface area contributed by atoms with Crippen LogP contribution in [0, 0.1) is 6.92 Å². The highest BCUT2D eigenvalue weighted by molar-refractivity contribution is 5.90. The van der Waals surface area contributed by atoms with Gasteiger partial charge in [-0.3, -0.25) is 4.79 Å². The fourth-order valence-corrected chi connectivity index (χ4v) is 2.53. The van der Waals surface area contributed by atoms with Crippen LogP contribution in [0.4, 0.5) is 0 Å². The van der Waals surface area contributed by atoms with Gasteiger partial charge in [0, 0.05) is 24.5 Å². The topological polar surface area (TPSA) is 98.2 Å². The van der Waals surface area contributed by atoms with Gasteiger partial charge < -0.3 is 11.1 Å². The largest absolute Gasteiger partial charge is 0.347 e. The van der Waals surface area contributed by atoms with Crippen molar-refractivity contribution in [2.24, 2.45) is 5.73 Å². The number of nitrogens with two attached hydrogens (primary N) is 1. The van der Waals surface area contributed by atoms with Crippen LogP contribution in [0.5, 0.6) is 0 Å². The van der Waals surface area contributed by atoms with Crippen LogP contribution in [0.2, 0.25) is 0 Å². The van der Waals surface area contributed by atoms with Crippen molar-refractivity contribution in [3.63, 3.8) is 0 Å². The maximum absolute atomic E-state index is 12.3. The Balaban J connectivity index is 0.00000182. The van der Waals surface area contributed by atoms with Gasteiger partial charge in [0.1, 0.15) is 0 Å². The summed E-state index contributed by atoms with van der Waals surface area (Å²) in [6.45, 7) is 6.48. The zero-order valence-electron chi connectivity index (χ0n) is 15.4. The molecule has 146 valence electrons. The Labute approximate surface area is 170 Å². The number of nitrogens with one attached hydrogen (secondary N) is 1. The minimum Gasteiger partial charge on any atom is -0.347 e. The third-order valence-corrected chi connectivity index (χ3v) is 4.15. The lowest BCUT2D eigenvalue weighted by Gasteiger charge is -2.14. The lowest BCUT2D eigenvalue weighted by Crippen LogP contribution is -2.32. The van der Waals surface area contributed by atoms with E-state index in [1.54, 1.807) is 16.8 Å². The summed E-state index contributed by atoms with van der Waals surface area (Å²) in [5.74, 6) is 0.602.